The summed E-state index contributed by atoms with van der Waals surface area (Å²) in [6.45, 7) is 0.374. The SMILES string of the molecule is COCCONC(=O)c1ccc(F)c(F)c1Nc1cccc(I)c1Cl. The van der Waals surface area contributed by atoms with Gasteiger partial charge in [0.1, 0.15) is 0 Å². The second kappa shape index (κ2) is 9.27. The van der Waals surface area contributed by atoms with Gasteiger partial charge in [-0.1, -0.05) is 17.7 Å². The second-order valence-electron chi connectivity index (χ2n) is 4.78. The van der Waals surface area contributed by atoms with Gasteiger partial charge in [0.05, 0.1) is 35.2 Å². The summed E-state index contributed by atoms with van der Waals surface area (Å²) in [6, 6.07) is 7.05. The maximum atomic E-state index is 14.3. The van der Waals surface area contributed by atoms with Crippen molar-refractivity contribution in [1.82, 2.24) is 5.48 Å². The molecule has 0 aliphatic rings. The van der Waals surface area contributed by atoms with E-state index in [1.807, 2.05) is 22.6 Å². The van der Waals surface area contributed by atoms with Gasteiger partial charge < -0.3 is 10.1 Å². The smallest absolute Gasteiger partial charge is 0.277 e. The van der Waals surface area contributed by atoms with E-state index in [4.69, 9.17) is 21.2 Å². The van der Waals surface area contributed by atoms with E-state index in [0.717, 1.165) is 15.7 Å². The van der Waals surface area contributed by atoms with Crippen molar-refractivity contribution in [3.63, 3.8) is 0 Å². The molecule has 0 heterocycles. The zero-order valence-corrected chi connectivity index (χ0v) is 16.0. The fourth-order valence-corrected chi connectivity index (χ4v) is 2.57. The maximum absolute atomic E-state index is 14.3. The minimum Gasteiger partial charge on any atom is -0.382 e. The molecule has 2 aromatic rings. The number of halogens is 4. The topological polar surface area (TPSA) is 59.6 Å². The van der Waals surface area contributed by atoms with Gasteiger partial charge in [0, 0.05) is 10.7 Å². The Morgan fingerprint density at radius 1 is 1.24 bits per heavy atom. The largest absolute Gasteiger partial charge is 0.382 e. The van der Waals surface area contributed by atoms with Crippen LogP contribution in [-0.4, -0.2) is 26.2 Å². The highest BCUT2D eigenvalue weighted by molar-refractivity contribution is 14.1. The third-order valence-corrected chi connectivity index (χ3v) is 4.73. The lowest BCUT2D eigenvalue weighted by molar-refractivity contribution is 0.00892. The molecular formula is C16H14ClF2IN2O3. The summed E-state index contributed by atoms with van der Waals surface area (Å²) in [7, 11) is 1.48. The zero-order chi connectivity index (χ0) is 18.4. The molecule has 0 spiro atoms. The van der Waals surface area contributed by atoms with Gasteiger partial charge in [-0.2, -0.15) is 0 Å². The molecule has 2 N–H and O–H groups in total. The number of amides is 1. The average Bonchev–Trinajstić information content (AvgIpc) is 2.59. The number of rotatable bonds is 7. The quantitative estimate of drug-likeness (QED) is 0.352. The molecule has 0 bridgehead atoms. The van der Waals surface area contributed by atoms with Crippen molar-refractivity contribution in [1.29, 1.82) is 0 Å². The summed E-state index contributed by atoms with van der Waals surface area (Å²) in [4.78, 5) is 17.1. The molecule has 0 radical (unpaired) electrons. The Kier molecular flexibility index (Phi) is 7.36. The van der Waals surface area contributed by atoms with Gasteiger partial charge in [-0.3, -0.25) is 9.63 Å². The summed E-state index contributed by atoms with van der Waals surface area (Å²) in [6.07, 6.45) is 0. The molecule has 9 heteroatoms. The van der Waals surface area contributed by atoms with Crippen LogP contribution in [0.1, 0.15) is 10.4 Å². The maximum Gasteiger partial charge on any atom is 0.277 e. The van der Waals surface area contributed by atoms with Crippen LogP contribution in [0.4, 0.5) is 20.2 Å². The van der Waals surface area contributed by atoms with E-state index in [1.54, 1.807) is 18.2 Å². The molecule has 0 saturated carbocycles. The predicted octanol–water partition coefficient (Wildman–Crippen LogP) is 4.27. The normalized spacial score (nSPS) is 10.6. The minimum absolute atomic E-state index is 0.109. The van der Waals surface area contributed by atoms with E-state index in [2.05, 4.69) is 10.8 Å². The van der Waals surface area contributed by atoms with E-state index in [1.165, 1.54) is 7.11 Å². The fraction of sp³-hybridized carbons (Fsp3) is 0.188. The molecule has 5 nitrogen and oxygen atoms in total. The first-order chi connectivity index (χ1) is 12.0. The summed E-state index contributed by atoms with van der Waals surface area (Å²) in [5, 5.41) is 3.01. The van der Waals surface area contributed by atoms with E-state index >= 15 is 0 Å². The molecule has 134 valence electrons. The Morgan fingerprint density at radius 3 is 2.72 bits per heavy atom. The lowest BCUT2D eigenvalue weighted by Crippen LogP contribution is -2.26. The van der Waals surface area contributed by atoms with Crippen molar-refractivity contribution < 1.29 is 23.1 Å². The molecule has 2 rings (SSSR count). The molecule has 2 aromatic carbocycles. The van der Waals surface area contributed by atoms with Crippen molar-refractivity contribution in [2.45, 2.75) is 0 Å². The van der Waals surface area contributed by atoms with Crippen LogP contribution < -0.4 is 10.8 Å². The number of hydrogen-bond acceptors (Lipinski definition) is 4. The van der Waals surface area contributed by atoms with Crippen molar-refractivity contribution in [2.75, 3.05) is 25.6 Å². The molecule has 0 fully saturated rings. The van der Waals surface area contributed by atoms with Gasteiger partial charge in [-0.25, -0.2) is 14.3 Å². The van der Waals surface area contributed by atoms with Crippen LogP contribution in [0.25, 0.3) is 0 Å². The van der Waals surface area contributed by atoms with Gasteiger partial charge in [-0.15, -0.1) is 0 Å². The van der Waals surface area contributed by atoms with E-state index in [9.17, 15) is 13.6 Å². The van der Waals surface area contributed by atoms with Crippen LogP contribution in [0.3, 0.4) is 0 Å². The van der Waals surface area contributed by atoms with Gasteiger partial charge in [0.2, 0.25) is 0 Å². The molecule has 0 aliphatic carbocycles. The number of benzene rings is 2. The lowest BCUT2D eigenvalue weighted by atomic mass is 10.1. The number of hydroxylamine groups is 1. The van der Waals surface area contributed by atoms with Gasteiger partial charge in [0.25, 0.3) is 5.91 Å². The fourth-order valence-electron chi connectivity index (χ4n) is 1.89. The van der Waals surface area contributed by atoms with Crippen LogP contribution in [0, 0.1) is 15.2 Å². The van der Waals surface area contributed by atoms with E-state index in [0.29, 0.717) is 10.7 Å². The number of ether oxygens (including phenoxy) is 1. The summed E-state index contributed by atoms with van der Waals surface area (Å²) >= 11 is 8.17. The molecule has 0 aliphatic heterocycles. The number of carbonyl (C=O) groups excluding carboxylic acids is 1. The average molecular weight is 483 g/mol. The molecule has 0 aromatic heterocycles. The molecule has 0 atom stereocenters. The Balaban J connectivity index is 2.31. The molecule has 1 amide bonds. The predicted molar refractivity (Wildman–Crippen MR) is 99.1 cm³/mol. The number of nitrogens with one attached hydrogen (secondary N) is 2. The number of hydrogen-bond donors (Lipinski definition) is 2. The van der Waals surface area contributed by atoms with Gasteiger partial charge >= 0.3 is 0 Å². The van der Waals surface area contributed by atoms with Crippen LogP contribution in [0.5, 0.6) is 0 Å². The third-order valence-electron chi connectivity index (χ3n) is 3.11. The Labute approximate surface area is 161 Å². The number of anilines is 2. The van der Waals surface area contributed by atoms with Crippen molar-refractivity contribution in [3.05, 3.63) is 56.1 Å². The first kappa shape index (κ1) is 19.8. The first-order valence-corrected chi connectivity index (χ1v) is 8.51. The van der Waals surface area contributed by atoms with Crippen molar-refractivity contribution in [3.8, 4) is 0 Å². The number of carbonyl (C=O) groups is 1. The van der Waals surface area contributed by atoms with E-state index < -0.39 is 17.5 Å². The molecule has 25 heavy (non-hydrogen) atoms. The highest BCUT2D eigenvalue weighted by Gasteiger charge is 2.20. The lowest BCUT2D eigenvalue weighted by Gasteiger charge is -2.15. The molecule has 0 saturated heterocycles. The second-order valence-corrected chi connectivity index (χ2v) is 6.32. The Hall–Kier alpha value is -1.49. The summed E-state index contributed by atoms with van der Waals surface area (Å²) < 4.78 is 33.4. The zero-order valence-electron chi connectivity index (χ0n) is 13.0. The van der Waals surface area contributed by atoms with Crippen LogP contribution >= 0.6 is 34.2 Å². The summed E-state index contributed by atoms with van der Waals surface area (Å²) in [5.41, 5.74) is 2.02. The monoisotopic (exact) mass is 482 g/mol. The van der Waals surface area contributed by atoms with Crippen LogP contribution in [0.2, 0.25) is 5.02 Å². The standard InChI is InChI=1S/C16H14ClF2IN2O3/c1-24-7-8-25-22-16(23)9-5-6-10(18)14(19)15(9)21-12-4-2-3-11(20)13(12)17/h2-6,21H,7-8H2,1H3,(H,22,23). The van der Waals surface area contributed by atoms with Crippen LogP contribution in [0.15, 0.2) is 30.3 Å². The van der Waals surface area contributed by atoms with Gasteiger partial charge in [-0.05, 0) is 46.9 Å². The first-order valence-electron chi connectivity index (χ1n) is 7.05. The van der Waals surface area contributed by atoms with Gasteiger partial charge in [0.15, 0.2) is 11.6 Å². The van der Waals surface area contributed by atoms with Crippen LogP contribution in [-0.2, 0) is 9.57 Å². The highest BCUT2D eigenvalue weighted by Crippen LogP contribution is 2.32. The highest BCUT2D eigenvalue weighted by atomic mass is 127. The van der Waals surface area contributed by atoms with Crippen molar-refractivity contribution >= 4 is 51.5 Å². The third kappa shape index (κ3) is 5.00. The summed E-state index contributed by atoms with van der Waals surface area (Å²) in [5.74, 6) is -3.03. The Morgan fingerprint density at radius 2 is 2.00 bits per heavy atom. The molecular weight excluding hydrogens is 469 g/mol. The minimum atomic E-state index is -1.19. The van der Waals surface area contributed by atoms with Crippen molar-refractivity contribution in [2.24, 2.45) is 0 Å². The molecule has 0 unspecified atom stereocenters. The number of methoxy groups -OCH3 is 1. The van der Waals surface area contributed by atoms with E-state index in [-0.39, 0.29) is 24.5 Å². The Bertz CT molecular complexity index is 777.